The first-order chi connectivity index (χ1) is 13.8. The molecule has 138 valence electrons. The number of rotatable bonds is 5. The quantitative estimate of drug-likeness (QED) is 0.490. The van der Waals surface area contributed by atoms with Crippen molar-refractivity contribution in [2.75, 3.05) is 5.32 Å². The summed E-state index contributed by atoms with van der Waals surface area (Å²) in [4.78, 5) is 25.4. The summed E-state index contributed by atoms with van der Waals surface area (Å²) in [7, 11) is 0. The number of aromatic amines is 1. The molecule has 0 saturated heterocycles. The van der Waals surface area contributed by atoms with Gasteiger partial charge in [0.05, 0.1) is 12.4 Å². The predicted molar refractivity (Wildman–Crippen MR) is 107 cm³/mol. The molecule has 5 aromatic rings. The van der Waals surface area contributed by atoms with Crippen molar-refractivity contribution >= 4 is 28.1 Å². The van der Waals surface area contributed by atoms with Gasteiger partial charge in [0.1, 0.15) is 23.2 Å². The number of aromatic nitrogens is 7. The molecule has 8 heteroatoms. The zero-order valence-electron chi connectivity index (χ0n) is 15.2. The van der Waals surface area contributed by atoms with E-state index >= 15 is 0 Å². The molecule has 2 N–H and O–H groups in total. The number of nitrogens with one attached hydrogen (secondary N) is 2. The summed E-state index contributed by atoms with van der Waals surface area (Å²) >= 11 is 0. The smallest absolute Gasteiger partial charge is 0.164 e. The van der Waals surface area contributed by atoms with Gasteiger partial charge in [0.15, 0.2) is 17.1 Å². The van der Waals surface area contributed by atoms with Crippen molar-refractivity contribution in [3.8, 4) is 5.69 Å². The van der Waals surface area contributed by atoms with Crippen LogP contribution in [0.4, 0.5) is 5.82 Å². The maximum absolute atomic E-state index is 4.89. The molecule has 0 unspecified atom stereocenters. The average Bonchev–Trinajstić information content (AvgIpc) is 3.37. The number of fused-ring (bicyclic) bond motifs is 2. The van der Waals surface area contributed by atoms with Gasteiger partial charge in [-0.05, 0) is 30.7 Å². The van der Waals surface area contributed by atoms with E-state index in [-0.39, 0.29) is 6.04 Å². The molecule has 0 aliphatic rings. The van der Waals surface area contributed by atoms with Crippen LogP contribution in [0.2, 0.25) is 0 Å². The van der Waals surface area contributed by atoms with Crippen LogP contribution in [-0.2, 0) is 0 Å². The molecule has 4 heterocycles. The Morgan fingerprint density at radius 1 is 1.04 bits per heavy atom. The van der Waals surface area contributed by atoms with Crippen LogP contribution < -0.4 is 5.32 Å². The lowest BCUT2D eigenvalue weighted by molar-refractivity contribution is 0.680. The molecule has 0 amide bonds. The number of anilines is 1. The summed E-state index contributed by atoms with van der Waals surface area (Å²) in [6, 6.07) is 13.9. The van der Waals surface area contributed by atoms with E-state index in [1.54, 1.807) is 12.5 Å². The van der Waals surface area contributed by atoms with E-state index in [1.807, 2.05) is 30.3 Å². The third-order valence-electron chi connectivity index (χ3n) is 4.70. The highest BCUT2D eigenvalue weighted by Gasteiger charge is 2.22. The Bertz CT molecular complexity index is 1240. The number of H-pyrrole nitrogens is 1. The number of hydrogen-bond donors (Lipinski definition) is 2. The summed E-state index contributed by atoms with van der Waals surface area (Å²) in [6.07, 6.45) is 5.75. The normalized spacial score (nSPS) is 12.5. The van der Waals surface area contributed by atoms with Gasteiger partial charge in [-0.2, -0.15) is 0 Å². The summed E-state index contributed by atoms with van der Waals surface area (Å²) in [6.45, 7) is 2.11. The van der Waals surface area contributed by atoms with E-state index in [0.29, 0.717) is 17.0 Å². The van der Waals surface area contributed by atoms with Gasteiger partial charge in [-0.3, -0.25) is 4.57 Å². The van der Waals surface area contributed by atoms with E-state index in [4.69, 9.17) is 4.98 Å². The van der Waals surface area contributed by atoms with Crippen LogP contribution in [0.25, 0.3) is 28.0 Å². The predicted octanol–water partition coefficient (Wildman–Crippen LogP) is 3.65. The van der Waals surface area contributed by atoms with Crippen molar-refractivity contribution < 1.29 is 0 Å². The second kappa shape index (κ2) is 6.73. The SMILES string of the molecule is CC[C@H](Nc1ncnc2[nH]cnc12)c1nc2cccnc2n1-c1ccccc1. The van der Waals surface area contributed by atoms with Crippen molar-refractivity contribution in [1.82, 2.24) is 34.5 Å². The molecule has 0 spiro atoms. The maximum atomic E-state index is 4.89. The van der Waals surface area contributed by atoms with E-state index < -0.39 is 0 Å². The first-order valence-corrected chi connectivity index (χ1v) is 9.14. The molecule has 4 aromatic heterocycles. The number of para-hydroxylation sites is 1. The van der Waals surface area contributed by atoms with Crippen molar-refractivity contribution in [1.29, 1.82) is 0 Å². The van der Waals surface area contributed by atoms with Gasteiger partial charge in [0.2, 0.25) is 0 Å². The fourth-order valence-corrected chi connectivity index (χ4v) is 3.38. The Morgan fingerprint density at radius 2 is 1.93 bits per heavy atom. The molecule has 1 atom stereocenters. The minimum absolute atomic E-state index is 0.0794. The summed E-state index contributed by atoms with van der Waals surface area (Å²) in [5, 5.41) is 3.50. The Morgan fingerprint density at radius 3 is 2.79 bits per heavy atom. The van der Waals surface area contributed by atoms with Crippen LogP contribution in [0, 0.1) is 0 Å². The summed E-state index contributed by atoms with van der Waals surface area (Å²) in [5.74, 6) is 1.56. The Labute approximate surface area is 160 Å². The largest absolute Gasteiger partial charge is 0.358 e. The van der Waals surface area contributed by atoms with Gasteiger partial charge in [-0.15, -0.1) is 0 Å². The summed E-state index contributed by atoms with van der Waals surface area (Å²) in [5.41, 5.74) is 4.12. The Hall–Kier alpha value is -3.81. The van der Waals surface area contributed by atoms with Gasteiger partial charge in [-0.1, -0.05) is 25.1 Å². The van der Waals surface area contributed by atoms with E-state index in [1.165, 1.54) is 6.33 Å². The van der Waals surface area contributed by atoms with Crippen LogP contribution in [0.3, 0.4) is 0 Å². The average molecular weight is 370 g/mol. The fourth-order valence-electron chi connectivity index (χ4n) is 3.38. The zero-order valence-corrected chi connectivity index (χ0v) is 15.2. The fraction of sp³-hybridized carbons (Fsp3) is 0.150. The van der Waals surface area contributed by atoms with E-state index in [9.17, 15) is 0 Å². The lowest BCUT2D eigenvalue weighted by Gasteiger charge is -2.19. The molecule has 8 nitrogen and oxygen atoms in total. The topological polar surface area (TPSA) is 97.2 Å². The molecular weight excluding hydrogens is 352 g/mol. The molecule has 28 heavy (non-hydrogen) atoms. The molecule has 1 aromatic carbocycles. The molecule has 0 aliphatic carbocycles. The lowest BCUT2D eigenvalue weighted by Crippen LogP contribution is -2.16. The first-order valence-electron chi connectivity index (χ1n) is 9.14. The third kappa shape index (κ3) is 2.66. The van der Waals surface area contributed by atoms with E-state index in [2.05, 4.69) is 53.9 Å². The minimum atomic E-state index is -0.0794. The van der Waals surface area contributed by atoms with Gasteiger partial charge < -0.3 is 10.3 Å². The molecule has 0 radical (unpaired) electrons. The molecule has 0 bridgehead atoms. The summed E-state index contributed by atoms with van der Waals surface area (Å²) < 4.78 is 2.10. The molecule has 0 saturated carbocycles. The van der Waals surface area contributed by atoms with Crippen molar-refractivity contribution in [2.24, 2.45) is 0 Å². The van der Waals surface area contributed by atoms with Gasteiger partial charge in [-0.25, -0.2) is 24.9 Å². The minimum Gasteiger partial charge on any atom is -0.358 e. The van der Waals surface area contributed by atoms with Crippen LogP contribution in [0.5, 0.6) is 0 Å². The van der Waals surface area contributed by atoms with Crippen molar-refractivity contribution in [2.45, 2.75) is 19.4 Å². The Balaban J connectivity index is 1.66. The monoisotopic (exact) mass is 370 g/mol. The molecule has 5 rings (SSSR count). The highest BCUT2D eigenvalue weighted by Crippen LogP contribution is 2.29. The van der Waals surface area contributed by atoms with E-state index in [0.717, 1.165) is 29.1 Å². The highest BCUT2D eigenvalue weighted by atomic mass is 15.2. The van der Waals surface area contributed by atoms with Gasteiger partial charge >= 0.3 is 0 Å². The Kier molecular flexibility index (Phi) is 3.93. The van der Waals surface area contributed by atoms with Crippen LogP contribution in [-0.4, -0.2) is 34.5 Å². The van der Waals surface area contributed by atoms with Crippen LogP contribution in [0.1, 0.15) is 25.2 Å². The van der Waals surface area contributed by atoms with Gasteiger partial charge in [0.25, 0.3) is 0 Å². The van der Waals surface area contributed by atoms with Crippen molar-refractivity contribution in [3.05, 3.63) is 67.1 Å². The number of hydrogen-bond acceptors (Lipinski definition) is 6. The second-order valence-electron chi connectivity index (χ2n) is 6.41. The second-order valence-corrected chi connectivity index (χ2v) is 6.41. The van der Waals surface area contributed by atoms with Crippen LogP contribution in [0.15, 0.2) is 61.3 Å². The zero-order chi connectivity index (χ0) is 18.9. The van der Waals surface area contributed by atoms with Crippen LogP contribution >= 0.6 is 0 Å². The number of imidazole rings is 2. The standard InChI is InChI=1S/C20H18N8/c1-2-14(26-18-16-17(23-11-22-16)24-12-25-18)20-27-15-9-6-10-21-19(15)28(20)13-7-4-3-5-8-13/h3-12,14H,2H2,1H3,(H2,22,23,24,25,26)/t14-/m0/s1. The first kappa shape index (κ1) is 16.4. The highest BCUT2D eigenvalue weighted by molar-refractivity contribution is 5.82. The molecular formula is C20H18N8. The number of nitrogens with zero attached hydrogens (tertiary/aromatic N) is 6. The number of benzene rings is 1. The number of pyridine rings is 1. The molecule has 0 fully saturated rings. The third-order valence-corrected chi connectivity index (χ3v) is 4.70. The molecule has 0 aliphatic heterocycles. The van der Waals surface area contributed by atoms with Crippen molar-refractivity contribution in [3.63, 3.8) is 0 Å². The maximum Gasteiger partial charge on any atom is 0.164 e. The lowest BCUT2D eigenvalue weighted by atomic mass is 10.2. The van der Waals surface area contributed by atoms with Gasteiger partial charge in [0, 0.05) is 11.9 Å².